The molecule has 1 aliphatic rings. The van der Waals surface area contributed by atoms with Gasteiger partial charge in [-0.3, -0.25) is 0 Å². The van der Waals surface area contributed by atoms with Gasteiger partial charge in [-0.1, -0.05) is 32.0 Å². The van der Waals surface area contributed by atoms with Crippen LogP contribution in [0.25, 0.3) is 10.8 Å². The summed E-state index contributed by atoms with van der Waals surface area (Å²) in [6.07, 6.45) is -1.20. The summed E-state index contributed by atoms with van der Waals surface area (Å²) in [4.78, 5) is 0. The Hall–Kier alpha value is -1.79. The molecule has 3 nitrogen and oxygen atoms in total. The first kappa shape index (κ1) is 21.9. The normalized spacial score (nSPS) is 22.7. The Morgan fingerprint density at radius 2 is 1.76 bits per heavy atom. The Labute approximate surface area is 170 Å². The van der Waals surface area contributed by atoms with Gasteiger partial charge in [-0.25, -0.2) is 0 Å². The molecule has 0 saturated heterocycles. The molecule has 2 aromatic carbocycles. The standard InChI is InChI=1S/C23H30F3NO2/c1-14(2)15-4-8-18(9-5-15)29-20-11-6-16-12-17(22(3,27)13-28)7-10-19(16)21(20)23(24,25)26/h6-7,10-12,14-15,18,28H,4-5,8-9,13,27H2,1-3H3/t15?,18?,22-/m0/s1. The molecule has 1 atom stereocenters. The van der Waals surface area contributed by atoms with Crippen LogP contribution < -0.4 is 10.5 Å². The van der Waals surface area contributed by atoms with E-state index in [9.17, 15) is 18.3 Å². The number of benzene rings is 2. The highest BCUT2D eigenvalue weighted by molar-refractivity contribution is 5.89. The van der Waals surface area contributed by atoms with Crippen LogP contribution in [0.3, 0.4) is 0 Å². The molecule has 3 rings (SSSR count). The van der Waals surface area contributed by atoms with Crippen LogP contribution in [-0.4, -0.2) is 17.8 Å². The number of ether oxygens (including phenoxy) is 1. The average molecular weight is 409 g/mol. The van der Waals surface area contributed by atoms with Crippen LogP contribution in [0.5, 0.6) is 5.75 Å². The van der Waals surface area contributed by atoms with Crippen molar-refractivity contribution in [2.75, 3.05) is 6.61 Å². The first-order valence-corrected chi connectivity index (χ1v) is 10.2. The van der Waals surface area contributed by atoms with Gasteiger partial charge in [-0.15, -0.1) is 0 Å². The van der Waals surface area contributed by atoms with Crippen LogP contribution in [0, 0.1) is 11.8 Å². The molecule has 0 unspecified atom stereocenters. The zero-order valence-corrected chi connectivity index (χ0v) is 17.2. The molecular weight excluding hydrogens is 379 g/mol. The van der Waals surface area contributed by atoms with E-state index in [2.05, 4.69) is 13.8 Å². The first-order chi connectivity index (χ1) is 13.5. The van der Waals surface area contributed by atoms with E-state index in [1.165, 1.54) is 12.1 Å². The van der Waals surface area contributed by atoms with Crippen molar-refractivity contribution < 1.29 is 23.0 Å². The zero-order chi connectivity index (χ0) is 21.4. The SMILES string of the molecule is CC(C)C1CCC(Oc2ccc3cc([C@@](C)(N)CO)ccc3c2C(F)(F)F)CC1. The highest BCUT2D eigenvalue weighted by atomic mass is 19.4. The van der Waals surface area contributed by atoms with Crippen molar-refractivity contribution in [1.82, 2.24) is 0 Å². The van der Waals surface area contributed by atoms with Gasteiger partial charge in [0.05, 0.1) is 18.2 Å². The average Bonchev–Trinajstić information content (AvgIpc) is 2.66. The summed E-state index contributed by atoms with van der Waals surface area (Å²) in [6, 6.07) is 7.63. The molecule has 1 aliphatic carbocycles. The zero-order valence-electron chi connectivity index (χ0n) is 17.2. The molecule has 0 bridgehead atoms. The van der Waals surface area contributed by atoms with E-state index in [-0.39, 0.29) is 23.8 Å². The second kappa shape index (κ2) is 8.15. The predicted octanol–water partition coefficient (Wildman–Crippen LogP) is 5.62. The van der Waals surface area contributed by atoms with Crippen LogP contribution in [0.2, 0.25) is 0 Å². The Morgan fingerprint density at radius 1 is 1.10 bits per heavy atom. The summed E-state index contributed by atoms with van der Waals surface area (Å²) < 4.78 is 47.8. The van der Waals surface area contributed by atoms with Crippen LogP contribution in [0.15, 0.2) is 30.3 Å². The molecule has 160 valence electrons. The fourth-order valence-electron chi connectivity index (χ4n) is 4.20. The van der Waals surface area contributed by atoms with Gasteiger partial charge < -0.3 is 15.6 Å². The number of aliphatic hydroxyl groups excluding tert-OH is 1. The molecule has 1 fully saturated rings. The highest BCUT2D eigenvalue weighted by Gasteiger charge is 2.38. The van der Waals surface area contributed by atoms with E-state index in [1.807, 2.05) is 0 Å². The molecule has 1 saturated carbocycles. The van der Waals surface area contributed by atoms with Crippen molar-refractivity contribution in [3.05, 3.63) is 41.5 Å². The van der Waals surface area contributed by atoms with Gasteiger partial charge in [0.25, 0.3) is 0 Å². The molecule has 0 heterocycles. The third kappa shape index (κ3) is 4.69. The fraction of sp³-hybridized carbons (Fsp3) is 0.565. The molecule has 0 spiro atoms. The molecular formula is C23H30F3NO2. The smallest absolute Gasteiger partial charge is 0.420 e. The minimum Gasteiger partial charge on any atom is -0.490 e. The number of fused-ring (bicyclic) bond motifs is 1. The number of nitrogens with two attached hydrogens (primary N) is 1. The van der Waals surface area contributed by atoms with Gasteiger partial charge >= 0.3 is 6.18 Å². The van der Waals surface area contributed by atoms with Crippen LogP contribution >= 0.6 is 0 Å². The van der Waals surface area contributed by atoms with E-state index < -0.39 is 17.3 Å². The predicted molar refractivity (Wildman–Crippen MR) is 109 cm³/mol. The number of aliphatic hydroxyl groups is 1. The summed E-state index contributed by atoms with van der Waals surface area (Å²) in [5, 5.41) is 9.97. The molecule has 2 aromatic rings. The largest absolute Gasteiger partial charge is 0.490 e. The minimum absolute atomic E-state index is 0.0864. The minimum atomic E-state index is -4.53. The molecule has 3 N–H and O–H groups in total. The quantitative estimate of drug-likeness (QED) is 0.674. The van der Waals surface area contributed by atoms with Crippen LogP contribution in [0.1, 0.15) is 57.6 Å². The fourth-order valence-corrected chi connectivity index (χ4v) is 4.20. The number of alkyl halides is 3. The molecule has 0 radical (unpaired) electrons. The number of hydrogen-bond donors (Lipinski definition) is 2. The lowest BCUT2D eigenvalue weighted by Gasteiger charge is -2.32. The lowest BCUT2D eigenvalue weighted by atomic mass is 9.80. The van der Waals surface area contributed by atoms with Crippen molar-refractivity contribution in [1.29, 1.82) is 0 Å². The highest BCUT2D eigenvalue weighted by Crippen LogP contribution is 2.43. The second-order valence-electron chi connectivity index (χ2n) is 8.85. The van der Waals surface area contributed by atoms with Crippen LogP contribution in [-0.2, 0) is 11.7 Å². The number of hydrogen-bond acceptors (Lipinski definition) is 3. The molecule has 0 amide bonds. The van der Waals surface area contributed by atoms with E-state index >= 15 is 0 Å². The molecule has 6 heteroatoms. The topological polar surface area (TPSA) is 55.5 Å². The molecule has 0 aliphatic heterocycles. The van der Waals surface area contributed by atoms with Crippen molar-refractivity contribution >= 4 is 10.8 Å². The van der Waals surface area contributed by atoms with Gasteiger partial charge in [0.2, 0.25) is 0 Å². The van der Waals surface area contributed by atoms with Gasteiger partial charge in [0.15, 0.2) is 0 Å². The first-order valence-electron chi connectivity index (χ1n) is 10.2. The summed E-state index contributed by atoms with van der Waals surface area (Å²) in [5.74, 6) is 1.09. The van der Waals surface area contributed by atoms with Crippen LogP contribution in [0.4, 0.5) is 13.2 Å². The maximum absolute atomic E-state index is 14.0. The van der Waals surface area contributed by atoms with E-state index in [1.54, 1.807) is 25.1 Å². The molecule has 29 heavy (non-hydrogen) atoms. The number of halogens is 3. The Morgan fingerprint density at radius 3 is 2.31 bits per heavy atom. The van der Waals surface area contributed by atoms with Gasteiger partial charge in [-0.2, -0.15) is 13.2 Å². The second-order valence-corrected chi connectivity index (χ2v) is 8.85. The summed E-state index contributed by atoms with van der Waals surface area (Å²) in [5.41, 5.74) is 4.87. The number of rotatable bonds is 5. The van der Waals surface area contributed by atoms with Gasteiger partial charge in [-0.05, 0) is 72.9 Å². The Kier molecular flexibility index (Phi) is 6.16. The van der Waals surface area contributed by atoms with Gasteiger partial charge in [0, 0.05) is 0 Å². The van der Waals surface area contributed by atoms with Crippen molar-refractivity contribution in [2.24, 2.45) is 17.6 Å². The van der Waals surface area contributed by atoms with Crippen molar-refractivity contribution in [3.63, 3.8) is 0 Å². The van der Waals surface area contributed by atoms with E-state index in [4.69, 9.17) is 10.5 Å². The molecule has 0 aromatic heterocycles. The van der Waals surface area contributed by atoms with E-state index in [0.717, 1.165) is 25.7 Å². The summed E-state index contributed by atoms with van der Waals surface area (Å²) >= 11 is 0. The Balaban J connectivity index is 1.95. The summed E-state index contributed by atoms with van der Waals surface area (Å²) in [7, 11) is 0. The third-order valence-electron chi connectivity index (χ3n) is 6.21. The monoisotopic (exact) mass is 409 g/mol. The lowest BCUT2D eigenvalue weighted by molar-refractivity contribution is -0.138. The maximum Gasteiger partial charge on any atom is 0.420 e. The van der Waals surface area contributed by atoms with Crippen molar-refractivity contribution in [2.45, 2.75) is 64.3 Å². The summed E-state index contributed by atoms with van der Waals surface area (Å²) in [6.45, 7) is 5.72. The Bertz CT molecular complexity index is 853. The van der Waals surface area contributed by atoms with Crippen molar-refractivity contribution in [3.8, 4) is 5.75 Å². The maximum atomic E-state index is 14.0. The van der Waals surface area contributed by atoms with Gasteiger partial charge in [0.1, 0.15) is 11.3 Å². The van der Waals surface area contributed by atoms with E-state index in [0.29, 0.717) is 22.8 Å². The third-order valence-corrected chi connectivity index (χ3v) is 6.21. The lowest BCUT2D eigenvalue weighted by Crippen LogP contribution is -2.36.